The van der Waals surface area contributed by atoms with Crippen LogP contribution in [0.15, 0.2) is 28.8 Å². The van der Waals surface area contributed by atoms with E-state index in [9.17, 15) is 0 Å². The minimum absolute atomic E-state index is 0.106. The van der Waals surface area contributed by atoms with Crippen molar-refractivity contribution in [3.63, 3.8) is 0 Å². The Balaban J connectivity index is 1.65. The second-order valence-corrected chi connectivity index (χ2v) is 5.58. The molecule has 6 heteroatoms. The molecule has 1 aromatic carbocycles. The molecule has 1 atom stereocenters. The third-order valence-corrected chi connectivity index (χ3v) is 3.85. The number of hydrogen-bond acceptors (Lipinski definition) is 6. The first-order chi connectivity index (χ1) is 10.2. The highest BCUT2D eigenvalue weighted by molar-refractivity contribution is 5.55. The molecule has 0 aliphatic carbocycles. The van der Waals surface area contributed by atoms with Crippen molar-refractivity contribution < 1.29 is 9.26 Å². The van der Waals surface area contributed by atoms with Crippen LogP contribution in [0.3, 0.4) is 0 Å². The van der Waals surface area contributed by atoms with Crippen LogP contribution in [0, 0.1) is 0 Å². The molecule has 1 saturated heterocycles. The Morgan fingerprint density at radius 1 is 1.38 bits per heavy atom. The maximum absolute atomic E-state index is 5.31. The van der Waals surface area contributed by atoms with E-state index in [0.717, 1.165) is 30.8 Å². The molecule has 2 N–H and O–H groups in total. The quantitative estimate of drug-likeness (QED) is 0.870. The van der Waals surface area contributed by atoms with E-state index in [-0.39, 0.29) is 5.54 Å². The third-order valence-electron chi connectivity index (χ3n) is 3.85. The first-order valence-electron chi connectivity index (χ1n) is 7.11. The minimum Gasteiger partial charge on any atom is -0.497 e. The lowest BCUT2D eigenvalue weighted by Gasteiger charge is -2.23. The molecule has 1 aliphatic rings. The maximum atomic E-state index is 5.31. The zero-order valence-electron chi connectivity index (χ0n) is 12.3. The van der Waals surface area contributed by atoms with Gasteiger partial charge in [0.05, 0.1) is 13.7 Å². The molecule has 1 aromatic heterocycles. The lowest BCUT2D eigenvalue weighted by molar-refractivity contribution is 0.323. The van der Waals surface area contributed by atoms with E-state index in [1.54, 1.807) is 7.11 Å². The highest BCUT2D eigenvalue weighted by Gasteiger charge is 2.28. The van der Waals surface area contributed by atoms with Gasteiger partial charge < -0.3 is 19.9 Å². The summed E-state index contributed by atoms with van der Waals surface area (Å²) < 4.78 is 10.4. The van der Waals surface area contributed by atoms with E-state index < -0.39 is 0 Å². The topological polar surface area (TPSA) is 72.2 Å². The molecule has 1 unspecified atom stereocenters. The van der Waals surface area contributed by atoms with Gasteiger partial charge in [-0.15, -0.1) is 0 Å². The number of nitrogens with one attached hydrogen (secondary N) is 2. The zero-order chi connectivity index (χ0) is 14.7. The average Bonchev–Trinajstić information content (AvgIpc) is 3.15. The summed E-state index contributed by atoms with van der Waals surface area (Å²) in [6.07, 6.45) is 1.10. The number of methoxy groups -OCH3 is 1. The maximum Gasteiger partial charge on any atom is 0.240 e. The van der Waals surface area contributed by atoms with Crippen LogP contribution < -0.4 is 15.4 Å². The van der Waals surface area contributed by atoms with Crippen molar-refractivity contribution in [3.05, 3.63) is 30.2 Å². The van der Waals surface area contributed by atoms with Gasteiger partial charge in [-0.3, -0.25) is 0 Å². The largest absolute Gasteiger partial charge is 0.497 e. The summed E-state index contributed by atoms with van der Waals surface area (Å²) in [5.74, 6) is 2.02. The van der Waals surface area contributed by atoms with Crippen molar-refractivity contribution in [1.82, 2.24) is 20.8 Å². The van der Waals surface area contributed by atoms with Crippen LogP contribution in [0.4, 0.5) is 0 Å². The van der Waals surface area contributed by atoms with Gasteiger partial charge in [-0.2, -0.15) is 4.98 Å². The predicted octanol–water partition coefficient (Wildman–Crippen LogP) is 1.59. The summed E-state index contributed by atoms with van der Waals surface area (Å²) >= 11 is 0. The standard InChI is InChI=1S/C15H20N4O2/c1-15(7-8-16-10-15)17-9-13-18-14(19-21-13)11-3-5-12(20-2)6-4-11/h3-6,16-17H,7-10H2,1-2H3. The second kappa shape index (κ2) is 5.83. The molecular weight excluding hydrogens is 268 g/mol. The first kappa shape index (κ1) is 14.0. The van der Waals surface area contributed by atoms with Crippen molar-refractivity contribution in [2.75, 3.05) is 20.2 Å². The molecule has 1 aliphatic heterocycles. The van der Waals surface area contributed by atoms with Gasteiger partial charge in [0.15, 0.2) is 0 Å². The fourth-order valence-corrected chi connectivity index (χ4v) is 2.44. The lowest BCUT2D eigenvalue weighted by Crippen LogP contribution is -2.43. The SMILES string of the molecule is COc1ccc(-c2noc(CNC3(C)CCNC3)n2)cc1. The number of aromatic nitrogens is 2. The fourth-order valence-electron chi connectivity index (χ4n) is 2.44. The minimum atomic E-state index is 0.106. The Morgan fingerprint density at radius 2 is 2.19 bits per heavy atom. The molecule has 0 bridgehead atoms. The highest BCUT2D eigenvalue weighted by Crippen LogP contribution is 2.20. The van der Waals surface area contributed by atoms with Crippen LogP contribution in [-0.2, 0) is 6.54 Å². The summed E-state index contributed by atoms with van der Waals surface area (Å²) in [6, 6.07) is 7.61. The molecule has 6 nitrogen and oxygen atoms in total. The van der Waals surface area contributed by atoms with Gasteiger partial charge in [-0.25, -0.2) is 0 Å². The summed E-state index contributed by atoms with van der Waals surface area (Å²) in [7, 11) is 1.64. The van der Waals surface area contributed by atoms with Crippen LogP contribution in [0.25, 0.3) is 11.4 Å². The van der Waals surface area contributed by atoms with Gasteiger partial charge in [0, 0.05) is 17.6 Å². The average molecular weight is 288 g/mol. The monoisotopic (exact) mass is 288 g/mol. The van der Waals surface area contributed by atoms with E-state index in [1.807, 2.05) is 24.3 Å². The Labute approximate surface area is 123 Å². The molecule has 1 fully saturated rings. The molecule has 2 aromatic rings. The lowest BCUT2D eigenvalue weighted by atomic mass is 10.0. The molecule has 0 saturated carbocycles. The summed E-state index contributed by atoms with van der Waals surface area (Å²) in [6.45, 7) is 4.80. The Morgan fingerprint density at radius 3 is 2.86 bits per heavy atom. The van der Waals surface area contributed by atoms with E-state index >= 15 is 0 Å². The van der Waals surface area contributed by atoms with Gasteiger partial charge in [0.1, 0.15) is 5.75 Å². The molecule has 3 rings (SSSR count). The molecule has 0 amide bonds. The normalized spacial score (nSPS) is 21.6. The Kier molecular flexibility index (Phi) is 3.90. The van der Waals surface area contributed by atoms with Crippen molar-refractivity contribution in [2.45, 2.75) is 25.4 Å². The zero-order valence-corrected chi connectivity index (χ0v) is 12.3. The van der Waals surface area contributed by atoms with Crippen LogP contribution in [-0.4, -0.2) is 35.9 Å². The molecule has 2 heterocycles. The van der Waals surface area contributed by atoms with Gasteiger partial charge >= 0.3 is 0 Å². The van der Waals surface area contributed by atoms with Gasteiger partial charge in [0.25, 0.3) is 0 Å². The van der Waals surface area contributed by atoms with Crippen molar-refractivity contribution in [3.8, 4) is 17.1 Å². The smallest absolute Gasteiger partial charge is 0.240 e. The Bertz CT molecular complexity index is 588. The predicted molar refractivity (Wildman–Crippen MR) is 79.0 cm³/mol. The van der Waals surface area contributed by atoms with Crippen LogP contribution in [0.1, 0.15) is 19.2 Å². The van der Waals surface area contributed by atoms with E-state index in [1.165, 1.54) is 0 Å². The van der Waals surface area contributed by atoms with E-state index in [4.69, 9.17) is 9.26 Å². The van der Waals surface area contributed by atoms with E-state index in [0.29, 0.717) is 18.3 Å². The molecule has 112 valence electrons. The summed E-state index contributed by atoms with van der Waals surface area (Å²) in [5.41, 5.74) is 1.02. The third kappa shape index (κ3) is 3.22. The fraction of sp³-hybridized carbons (Fsp3) is 0.467. The molecule has 21 heavy (non-hydrogen) atoms. The van der Waals surface area contributed by atoms with Gasteiger partial charge in [-0.1, -0.05) is 5.16 Å². The first-order valence-corrected chi connectivity index (χ1v) is 7.11. The number of nitrogens with zero attached hydrogens (tertiary/aromatic N) is 2. The highest BCUT2D eigenvalue weighted by atomic mass is 16.5. The van der Waals surface area contributed by atoms with Crippen LogP contribution in [0.5, 0.6) is 5.75 Å². The second-order valence-electron chi connectivity index (χ2n) is 5.58. The van der Waals surface area contributed by atoms with Gasteiger partial charge in [-0.05, 0) is 44.2 Å². The number of rotatable bonds is 5. The number of hydrogen-bond donors (Lipinski definition) is 2. The van der Waals surface area contributed by atoms with Crippen molar-refractivity contribution in [1.29, 1.82) is 0 Å². The number of ether oxygens (including phenoxy) is 1. The van der Waals surface area contributed by atoms with Crippen molar-refractivity contribution in [2.24, 2.45) is 0 Å². The molecule has 0 spiro atoms. The van der Waals surface area contributed by atoms with Crippen LogP contribution >= 0.6 is 0 Å². The van der Waals surface area contributed by atoms with Crippen LogP contribution in [0.2, 0.25) is 0 Å². The molecular formula is C15H20N4O2. The number of benzene rings is 1. The Hall–Kier alpha value is -1.92. The summed E-state index contributed by atoms with van der Waals surface area (Å²) in [5, 5.41) is 10.9. The summed E-state index contributed by atoms with van der Waals surface area (Å²) in [4.78, 5) is 4.43. The van der Waals surface area contributed by atoms with E-state index in [2.05, 4.69) is 27.7 Å². The van der Waals surface area contributed by atoms with Crippen molar-refractivity contribution >= 4 is 0 Å². The van der Waals surface area contributed by atoms with Gasteiger partial charge in [0.2, 0.25) is 11.7 Å². The molecule has 0 radical (unpaired) electrons.